The summed E-state index contributed by atoms with van der Waals surface area (Å²) >= 11 is 0. The van der Waals surface area contributed by atoms with Gasteiger partial charge in [-0.25, -0.2) is 18.2 Å². The number of sulfonamides is 1. The number of rotatable bonds is 7. The van der Waals surface area contributed by atoms with Crippen molar-refractivity contribution < 1.29 is 23.1 Å². The number of aliphatic carboxylic acids is 1. The lowest BCUT2D eigenvalue weighted by molar-refractivity contribution is -0.132. The van der Waals surface area contributed by atoms with Gasteiger partial charge in [0.2, 0.25) is 0 Å². The van der Waals surface area contributed by atoms with Gasteiger partial charge in [-0.2, -0.15) is 0 Å². The minimum Gasteiger partial charge on any atom is -0.478 e. The molecule has 0 bridgehead atoms. The number of benzene rings is 1. The fraction of sp³-hybridized carbons (Fsp3) is 0.476. The highest BCUT2D eigenvalue weighted by Gasteiger charge is 2.26. The number of hydrogen-bond donors (Lipinski definition) is 3. The Hall–Kier alpha value is -2.72. The van der Waals surface area contributed by atoms with Gasteiger partial charge in [0, 0.05) is 37.6 Å². The van der Waals surface area contributed by atoms with E-state index >= 15 is 0 Å². The van der Waals surface area contributed by atoms with Crippen molar-refractivity contribution in [1.82, 2.24) is 14.3 Å². The molecule has 1 aromatic carbocycles. The predicted octanol–water partition coefficient (Wildman–Crippen LogP) is 2.66. The summed E-state index contributed by atoms with van der Waals surface area (Å²) in [7, 11) is -4.02. The number of ether oxygens (including phenoxy) is 1. The van der Waals surface area contributed by atoms with Gasteiger partial charge in [0.15, 0.2) is 0 Å². The lowest BCUT2D eigenvalue weighted by Crippen LogP contribution is -2.25. The molecule has 1 aliphatic heterocycles. The van der Waals surface area contributed by atoms with Crippen LogP contribution in [0.5, 0.6) is 0 Å². The summed E-state index contributed by atoms with van der Waals surface area (Å²) < 4.78 is 35.1. The monoisotopic (exact) mass is 448 g/mol. The standard InChI is InChI=1S/C21H28N4O5S/c1-21(2,3)20-24-17-10-16(31(28,29)23-12-15(11-22)19(26)27)4-5-18(17)25(20)13-14-6-8-30-9-7-14/h4-5,10-12,14,22-23H,6-9,13H2,1-3H3,(H,26,27)/b15-12+,22-11?. The maximum Gasteiger partial charge on any atom is 0.338 e. The molecule has 31 heavy (non-hydrogen) atoms. The van der Waals surface area contributed by atoms with Crippen LogP contribution in [-0.4, -0.2) is 48.5 Å². The van der Waals surface area contributed by atoms with Gasteiger partial charge in [-0.1, -0.05) is 20.8 Å². The van der Waals surface area contributed by atoms with Crippen molar-refractivity contribution in [3.8, 4) is 0 Å². The average Bonchev–Trinajstić information content (AvgIpc) is 3.07. The summed E-state index contributed by atoms with van der Waals surface area (Å²) in [5.74, 6) is -0.0405. The second kappa shape index (κ2) is 8.80. The molecule has 10 heteroatoms. The summed E-state index contributed by atoms with van der Waals surface area (Å²) in [4.78, 5) is 15.7. The van der Waals surface area contributed by atoms with E-state index in [9.17, 15) is 13.2 Å². The van der Waals surface area contributed by atoms with Crippen LogP contribution < -0.4 is 4.72 Å². The Kier molecular flexibility index (Phi) is 6.51. The van der Waals surface area contributed by atoms with Gasteiger partial charge in [-0.15, -0.1) is 0 Å². The molecular weight excluding hydrogens is 420 g/mol. The molecule has 2 heterocycles. The normalized spacial score (nSPS) is 16.4. The molecule has 2 aromatic rings. The number of fused-ring (bicyclic) bond motifs is 1. The SMILES string of the molecule is CC(C)(C)c1nc2cc(S(=O)(=O)N/C=C(\C=N)C(=O)O)ccc2n1CC1CCOCC1. The molecule has 168 valence electrons. The first-order valence-corrected chi connectivity index (χ1v) is 11.6. The zero-order chi connectivity index (χ0) is 22.8. The highest BCUT2D eigenvalue weighted by Crippen LogP contribution is 2.30. The zero-order valence-electron chi connectivity index (χ0n) is 17.9. The Morgan fingerprint density at radius 3 is 2.61 bits per heavy atom. The third kappa shape index (κ3) is 5.13. The lowest BCUT2D eigenvalue weighted by atomic mass is 9.94. The molecule has 1 aromatic heterocycles. The van der Waals surface area contributed by atoms with E-state index in [4.69, 9.17) is 20.2 Å². The molecule has 9 nitrogen and oxygen atoms in total. The van der Waals surface area contributed by atoms with Gasteiger partial charge in [0.1, 0.15) is 5.82 Å². The number of nitrogens with zero attached hydrogens (tertiary/aromatic N) is 2. The third-order valence-electron chi connectivity index (χ3n) is 5.25. The van der Waals surface area contributed by atoms with Gasteiger partial charge < -0.3 is 19.8 Å². The van der Waals surface area contributed by atoms with E-state index in [1.54, 1.807) is 6.07 Å². The van der Waals surface area contributed by atoms with E-state index < -0.39 is 21.6 Å². The fourth-order valence-electron chi connectivity index (χ4n) is 3.60. The molecule has 0 atom stereocenters. The zero-order valence-corrected chi connectivity index (χ0v) is 18.7. The van der Waals surface area contributed by atoms with E-state index in [1.807, 2.05) is 0 Å². The van der Waals surface area contributed by atoms with Crippen molar-refractivity contribution in [3.63, 3.8) is 0 Å². The molecule has 0 aliphatic carbocycles. The first-order chi connectivity index (χ1) is 14.5. The maximum absolute atomic E-state index is 12.7. The number of carbonyl (C=O) groups is 1. The van der Waals surface area contributed by atoms with Crippen molar-refractivity contribution in [2.75, 3.05) is 13.2 Å². The summed E-state index contributed by atoms with van der Waals surface area (Å²) in [5.41, 5.74) is 0.719. The molecule has 1 aliphatic rings. The van der Waals surface area contributed by atoms with Crippen molar-refractivity contribution >= 4 is 33.2 Å². The van der Waals surface area contributed by atoms with Crippen molar-refractivity contribution in [2.24, 2.45) is 5.92 Å². The molecule has 0 saturated carbocycles. The molecule has 3 rings (SSSR count). The summed E-state index contributed by atoms with van der Waals surface area (Å²) in [6, 6.07) is 4.72. The molecule has 0 amide bonds. The van der Waals surface area contributed by atoms with Crippen molar-refractivity contribution in [2.45, 2.75) is 50.5 Å². The minimum absolute atomic E-state index is 0.0258. The topological polar surface area (TPSA) is 134 Å². The first-order valence-electron chi connectivity index (χ1n) is 10.1. The molecule has 1 fully saturated rings. The number of nitrogens with one attached hydrogen (secondary N) is 2. The Bertz CT molecular complexity index is 1120. The van der Waals surface area contributed by atoms with Crippen LogP contribution in [0.1, 0.15) is 39.4 Å². The summed E-state index contributed by atoms with van der Waals surface area (Å²) in [5, 5.41) is 16.0. The number of aromatic nitrogens is 2. The molecule has 0 unspecified atom stereocenters. The number of hydrogen-bond acceptors (Lipinski definition) is 6. The summed E-state index contributed by atoms with van der Waals surface area (Å²) in [6.07, 6.45) is 3.32. The highest BCUT2D eigenvalue weighted by molar-refractivity contribution is 7.89. The van der Waals surface area contributed by atoms with E-state index in [1.165, 1.54) is 12.1 Å². The third-order valence-corrected chi connectivity index (χ3v) is 6.56. The average molecular weight is 449 g/mol. The first kappa shape index (κ1) is 23.0. The molecule has 0 spiro atoms. The second-order valence-corrected chi connectivity index (χ2v) is 10.4. The predicted molar refractivity (Wildman–Crippen MR) is 117 cm³/mol. The second-order valence-electron chi connectivity index (χ2n) is 8.67. The van der Waals surface area contributed by atoms with E-state index in [0.717, 1.165) is 50.1 Å². The number of imidazole rings is 1. The van der Waals surface area contributed by atoms with Gasteiger partial charge in [-0.05, 0) is 37.0 Å². The number of carboxylic acids is 1. The smallest absolute Gasteiger partial charge is 0.338 e. The maximum atomic E-state index is 12.7. The minimum atomic E-state index is -4.02. The van der Waals surface area contributed by atoms with E-state index in [0.29, 0.717) is 17.6 Å². The van der Waals surface area contributed by atoms with Gasteiger partial charge >= 0.3 is 5.97 Å². The van der Waals surface area contributed by atoms with Gasteiger partial charge in [-0.3, -0.25) is 4.72 Å². The Morgan fingerprint density at radius 1 is 1.35 bits per heavy atom. The van der Waals surface area contributed by atoms with Crippen molar-refractivity contribution in [1.29, 1.82) is 5.41 Å². The van der Waals surface area contributed by atoms with Crippen LogP contribution in [0.2, 0.25) is 0 Å². The lowest BCUT2D eigenvalue weighted by Gasteiger charge is -2.26. The molecule has 0 radical (unpaired) electrons. The Balaban J connectivity index is 2.00. The van der Waals surface area contributed by atoms with Gasteiger partial charge in [0.05, 0.1) is 21.5 Å². The van der Waals surface area contributed by atoms with Gasteiger partial charge in [0.25, 0.3) is 10.0 Å². The summed E-state index contributed by atoms with van der Waals surface area (Å²) in [6.45, 7) is 8.51. The van der Waals surface area contributed by atoms with Crippen LogP contribution in [0.25, 0.3) is 11.0 Å². The molecule has 3 N–H and O–H groups in total. The fourth-order valence-corrected chi connectivity index (χ4v) is 4.53. The van der Waals surface area contributed by atoms with Crippen LogP contribution in [-0.2, 0) is 31.5 Å². The van der Waals surface area contributed by atoms with Crippen molar-refractivity contribution in [3.05, 3.63) is 35.8 Å². The molecule has 1 saturated heterocycles. The molecular formula is C21H28N4O5S. The Morgan fingerprint density at radius 2 is 2.03 bits per heavy atom. The van der Waals surface area contributed by atoms with Crippen LogP contribution in [0.3, 0.4) is 0 Å². The van der Waals surface area contributed by atoms with Crippen LogP contribution in [0.15, 0.2) is 34.9 Å². The Labute approximate surface area is 181 Å². The van der Waals surface area contributed by atoms with E-state index in [-0.39, 0.29) is 10.3 Å². The van der Waals surface area contributed by atoms with Crippen LogP contribution in [0.4, 0.5) is 0 Å². The van der Waals surface area contributed by atoms with Crippen LogP contribution in [0, 0.1) is 11.3 Å². The largest absolute Gasteiger partial charge is 0.478 e. The van der Waals surface area contributed by atoms with E-state index in [2.05, 4.69) is 30.1 Å². The quantitative estimate of drug-likeness (QED) is 0.440. The highest BCUT2D eigenvalue weighted by atomic mass is 32.2. The number of carboxylic acid groups (broad SMARTS) is 1. The van der Waals surface area contributed by atoms with Crippen LogP contribution >= 0.6 is 0 Å².